The Balaban J connectivity index is 1.36. The molecule has 1 heterocycles. The number of nitrogens with zero attached hydrogens (tertiary/aromatic N) is 1. The summed E-state index contributed by atoms with van der Waals surface area (Å²) in [4.78, 5) is 13.9. The molecule has 3 fully saturated rings. The summed E-state index contributed by atoms with van der Waals surface area (Å²) in [6, 6.07) is 0.582. The summed E-state index contributed by atoms with van der Waals surface area (Å²) in [5.74, 6) is 0.451. The first kappa shape index (κ1) is 18.0. The molecule has 24 heavy (non-hydrogen) atoms. The molecule has 0 aromatic rings. The molecule has 0 bridgehead atoms. The van der Waals surface area contributed by atoms with Gasteiger partial charge in [0.15, 0.2) is 0 Å². The Morgan fingerprint density at radius 3 is 2.42 bits per heavy atom. The van der Waals surface area contributed by atoms with Gasteiger partial charge in [-0.2, -0.15) is 0 Å². The standard InChI is InChI=1S/C19H34N2O3/c1-18(2,3)24-17(23)21-12-19(13-21)9-7-15(8-10-19)20-11-14-5-4-6-16(14)22/h14-16,20,22H,4-13H2,1-3H3/t14-,16+/m1/s1. The molecular weight excluding hydrogens is 304 g/mol. The highest BCUT2D eigenvalue weighted by Gasteiger charge is 2.48. The Kier molecular flexibility index (Phi) is 5.12. The van der Waals surface area contributed by atoms with Crippen molar-refractivity contribution in [3.8, 4) is 0 Å². The van der Waals surface area contributed by atoms with Crippen LogP contribution in [0.15, 0.2) is 0 Å². The molecule has 1 spiro atoms. The molecule has 2 aliphatic carbocycles. The molecule has 1 saturated heterocycles. The van der Waals surface area contributed by atoms with Gasteiger partial charge in [-0.3, -0.25) is 0 Å². The number of rotatable bonds is 3. The topological polar surface area (TPSA) is 61.8 Å². The number of amides is 1. The summed E-state index contributed by atoms with van der Waals surface area (Å²) in [6.07, 6.45) is 7.80. The van der Waals surface area contributed by atoms with E-state index in [0.29, 0.717) is 17.4 Å². The number of aliphatic hydroxyl groups is 1. The fourth-order valence-corrected chi connectivity index (χ4v) is 4.54. The number of hydrogen-bond donors (Lipinski definition) is 2. The van der Waals surface area contributed by atoms with E-state index in [1.807, 2.05) is 25.7 Å². The van der Waals surface area contributed by atoms with Crippen LogP contribution < -0.4 is 5.32 Å². The minimum Gasteiger partial charge on any atom is -0.444 e. The van der Waals surface area contributed by atoms with Crippen molar-refractivity contribution in [3.63, 3.8) is 0 Å². The molecule has 3 rings (SSSR count). The van der Waals surface area contributed by atoms with Crippen LogP contribution in [-0.2, 0) is 4.74 Å². The zero-order valence-electron chi connectivity index (χ0n) is 15.5. The number of aliphatic hydroxyl groups excluding tert-OH is 1. The highest BCUT2D eigenvalue weighted by molar-refractivity contribution is 5.69. The highest BCUT2D eigenvalue weighted by atomic mass is 16.6. The molecule has 2 saturated carbocycles. The molecule has 2 N–H and O–H groups in total. The second kappa shape index (κ2) is 6.83. The van der Waals surface area contributed by atoms with Crippen molar-refractivity contribution in [2.45, 2.75) is 83.5 Å². The van der Waals surface area contributed by atoms with E-state index in [2.05, 4.69) is 5.32 Å². The third-order valence-electron chi connectivity index (χ3n) is 6.04. The molecular formula is C19H34N2O3. The molecule has 138 valence electrons. The lowest BCUT2D eigenvalue weighted by molar-refractivity contribution is -0.0518. The zero-order chi connectivity index (χ0) is 17.4. The van der Waals surface area contributed by atoms with Crippen LogP contribution in [0.1, 0.15) is 65.7 Å². The third kappa shape index (κ3) is 4.23. The molecule has 5 heteroatoms. The lowest BCUT2D eigenvalue weighted by Gasteiger charge is -2.53. The monoisotopic (exact) mass is 338 g/mol. The van der Waals surface area contributed by atoms with Gasteiger partial charge >= 0.3 is 6.09 Å². The Hall–Kier alpha value is -0.810. The van der Waals surface area contributed by atoms with Crippen LogP contribution in [0.5, 0.6) is 0 Å². The maximum atomic E-state index is 12.1. The van der Waals surface area contributed by atoms with Crippen molar-refractivity contribution in [1.29, 1.82) is 0 Å². The lowest BCUT2D eigenvalue weighted by atomic mass is 9.67. The van der Waals surface area contributed by atoms with Crippen molar-refractivity contribution < 1.29 is 14.6 Å². The summed E-state index contributed by atoms with van der Waals surface area (Å²) in [6.45, 7) is 8.42. The molecule has 3 aliphatic rings. The Labute approximate surface area is 146 Å². The van der Waals surface area contributed by atoms with E-state index in [1.165, 1.54) is 32.1 Å². The second-order valence-corrected chi connectivity index (χ2v) is 9.28. The average molecular weight is 338 g/mol. The van der Waals surface area contributed by atoms with E-state index in [1.54, 1.807) is 0 Å². The van der Waals surface area contributed by atoms with Crippen molar-refractivity contribution in [2.24, 2.45) is 11.3 Å². The van der Waals surface area contributed by atoms with Crippen LogP contribution in [-0.4, -0.2) is 53.5 Å². The highest BCUT2D eigenvalue weighted by Crippen LogP contribution is 2.44. The first-order valence-corrected chi connectivity index (χ1v) is 9.66. The molecule has 0 radical (unpaired) electrons. The number of nitrogens with one attached hydrogen (secondary N) is 1. The normalized spacial score (nSPS) is 30.4. The van der Waals surface area contributed by atoms with Crippen molar-refractivity contribution in [3.05, 3.63) is 0 Å². The molecule has 1 aliphatic heterocycles. The first-order chi connectivity index (χ1) is 11.3. The Morgan fingerprint density at radius 1 is 1.21 bits per heavy atom. The quantitative estimate of drug-likeness (QED) is 0.830. The van der Waals surface area contributed by atoms with Gasteiger partial charge in [0.2, 0.25) is 0 Å². The van der Waals surface area contributed by atoms with Gasteiger partial charge < -0.3 is 20.1 Å². The van der Waals surface area contributed by atoms with E-state index < -0.39 is 5.60 Å². The van der Waals surface area contributed by atoms with E-state index in [-0.39, 0.29) is 12.2 Å². The molecule has 0 aromatic carbocycles. The van der Waals surface area contributed by atoms with Crippen LogP contribution >= 0.6 is 0 Å². The van der Waals surface area contributed by atoms with E-state index >= 15 is 0 Å². The Bertz CT molecular complexity index is 444. The number of ether oxygens (including phenoxy) is 1. The number of hydrogen-bond acceptors (Lipinski definition) is 4. The van der Waals surface area contributed by atoms with Crippen LogP contribution in [0.4, 0.5) is 4.79 Å². The summed E-state index contributed by atoms with van der Waals surface area (Å²) in [7, 11) is 0. The number of likely N-dealkylation sites (tertiary alicyclic amines) is 1. The smallest absolute Gasteiger partial charge is 0.410 e. The summed E-state index contributed by atoms with van der Waals surface area (Å²) in [5, 5.41) is 13.6. The van der Waals surface area contributed by atoms with Gasteiger partial charge in [-0.05, 0) is 65.2 Å². The molecule has 0 unspecified atom stereocenters. The number of carbonyl (C=O) groups excluding carboxylic acids is 1. The van der Waals surface area contributed by atoms with Gasteiger partial charge in [-0.1, -0.05) is 6.42 Å². The summed E-state index contributed by atoms with van der Waals surface area (Å²) < 4.78 is 5.45. The van der Waals surface area contributed by atoms with Crippen LogP contribution in [0.2, 0.25) is 0 Å². The van der Waals surface area contributed by atoms with Gasteiger partial charge in [0, 0.05) is 31.1 Å². The van der Waals surface area contributed by atoms with Gasteiger partial charge in [-0.15, -0.1) is 0 Å². The first-order valence-electron chi connectivity index (χ1n) is 9.66. The molecule has 0 aromatic heterocycles. The zero-order valence-corrected chi connectivity index (χ0v) is 15.5. The summed E-state index contributed by atoms with van der Waals surface area (Å²) in [5.41, 5.74) is -0.0752. The van der Waals surface area contributed by atoms with Gasteiger partial charge in [-0.25, -0.2) is 4.79 Å². The largest absolute Gasteiger partial charge is 0.444 e. The SMILES string of the molecule is CC(C)(C)OC(=O)N1CC2(CCC(NC[C@H]3CCC[C@@H]3O)CC2)C1. The maximum absolute atomic E-state index is 12.1. The predicted molar refractivity (Wildman–Crippen MR) is 93.8 cm³/mol. The van der Waals surface area contributed by atoms with E-state index in [0.717, 1.165) is 32.5 Å². The minimum absolute atomic E-state index is 0.0959. The fourth-order valence-electron chi connectivity index (χ4n) is 4.54. The van der Waals surface area contributed by atoms with Gasteiger partial charge in [0.1, 0.15) is 5.60 Å². The molecule has 2 atom stereocenters. The fraction of sp³-hybridized carbons (Fsp3) is 0.947. The molecule has 1 amide bonds. The van der Waals surface area contributed by atoms with Crippen LogP contribution in [0.3, 0.4) is 0 Å². The van der Waals surface area contributed by atoms with Crippen molar-refractivity contribution in [2.75, 3.05) is 19.6 Å². The van der Waals surface area contributed by atoms with Gasteiger partial charge in [0.05, 0.1) is 6.10 Å². The summed E-state index contributed by atoms with van der Waals surface area (Å²) >= 11 is 0. The average Bonchev–Trinajstić information content (AvgIpc) is 2.87. The third-order valence-corrected chi connectivity index (χ3v) is 6.04. The van der Waals surface area contributed by atoms with Gasteiger partial charge in [0.25, 0.3) is 0 Å². The van der Waals surface area contributed by atoms with E-state index in [9.17, 15) is 9.90 Å². The van der Waals surface area contributed by atoms with Crippen LogP contribution in [0.25, 0.3) is 0 Å². The second-order valence-electron chi connectivity index (χ2n) is 9.28. The van der Waals surface area contributed by atoms with E-state index in [4.69, 9.17) is 4.74 Å². The van der Waals surface area contributed by atoms with Crippen molar-refractivity contribution in [1.82, 2.24) is 10.2 Å². The lowest BCUT2D eigenvalue weighted by Crippen LogP contribution is -2.61. The maximum Gasteiger partial charge on any atom is 0.410 e. The van der Waals surface area contributed by atoms with Crippen molar-refractivity contribution >= 4 is 6.09 Å². The number of carbonyl (C=O) groups is 1. The Morgan fingerprint density at radius 2 is 1.88 bits per heavy atom. The van der Waals surface area contributed by atoms with Crippen LogP contribution in [0, 0.1) is 11.3 Å². The predicted octanol–water partition coefficient (Wildman–Crippen LogP) is 2.92. The molecule has 5 nitrogen and oxygen atoms in total. The minimum atomic E-state index is -0.410.